The Morgan fingerprint density at radius 1 is 1.20 bits per heavy atom. The van der Waals surface area contributed by atoms with Crippen LogP contribution < -0.4 is 14.4 Å². The monoisotopic (exact) mass is 360 g/mol. The molecule has 1 atom stereocenters. The van der Waals surface area contributed by atoms with E-state index < -0.39 is 10.0 Å². The highest BCUT2D eigenvalue weighted by atomic mass is 32.2. The minimum absolute atomic E-state index is 0.148. The minimum Gasteiger partial charge on any atom is -0.497 e. The van der Waals surface area contributed by atoms with Gasteiger partial charge < -0.3 is 10.1 Å². The number of hydrogen-bond acceptors (Lipinski definition) is 4. The van der Waals surface area contributed by atoms with E-state index in [1.54, 1.807) is 49.6 Å². The van der Waals surface area contributed by atoms with E-state index in [1.165, 1.54) is 10.6 Å². The molecule has 6 nitrogen and oxygen atoms in total. The van der Waals surface area contributed by atoms with Gasteiger partial charge in [-0.2, -0.15) is 0 Å². The quantitative estimate of drug-likeness (QED) is 0.909. The number of nitrogens with zero attached hydrogens (tertiary/aromatic N) is 1. The molecule has 1 aliphatic rings. The maximum absolute atomic E-state index is 12.5. The van der Waals surface area contributed by atoms with Crippen molar-refractivity contribution >= 4 is 27.3 Å². The number of anilines is 2. The summed E-state index contributed by atoms with van der Waals surface area (Å²) in [6, 6.07) is 12.0. The van der Waals surface area contributed by atoms with Crippen LogP contribution in [0, 0.1) is 0 Å². The molecule has 1 unspecified atom stereocenters. The van der Waals surface area contributed by atoms with Crippen molar-refractivity contribution < 1.29 is 17.9 Å². The predicted octanol–water partition coefficient (Wildman–Crippen LogP) is 2.66. The molecule has 7 heteroatoms. The number of nitrogens with one attached hydrogen (secondary N) is 1. The number of amides is 1. The van der Waals surface area contributed by atoms with Gasteiger partial charge in [-0.05, 0) is 61.4 Å². The van der Waals surface area contributed by atoms with Crippen molar-refractivity contribution in [3.8, 4) is 5.75 Å². The molecule has 2 aromatic carbocycles. The van der Waals surface area contributed by atoms with Crippen LogP contribution in [0.4, 0.5) is 11.4 Å². The molecule has 0 saturated carbocycles. The van der Waals surface area contributed by atoms with Gasteiger partial charge in [0.15, 0.2) is 0 Å². The zero-order valence-electron chi connectivity index (χ0n) is 14.3. The lowest BCUT2D eigenvalue weighted by atomic mass is 10.1. The van der Waals surface area contributed by atoms with Crippen LogP contribution in [0.15, 0.2) is 42.5 Å². The van der Waals surface area contributed by atoms with Crippen molar-refractivity contribution in [3.05, 3.63) is 53.6 Å². The molecule has 0 bridgehead atoms. The fraction of sp³-hybridized carbons (Fsp3) is 0.278. The zero-order chi connectivity index (χ0) is 18.2. The van der Waals surface area contributed by atoms with Crippen LogP contribution in [0.25, 0.3) is 0 Å². The Kier molecular flexibility index (Phi) is 4.43. The molecule has 1 heterocycles. The van der Waals surface area contributed by atoms with Gasteiger partial charge in [0.2, 0.25) is 10.0 Å². The fourth-order valence-corrected chi connectivity index (χ4v) is 4.39. The van der Waals surface area contributed by atoms with Gasteiger partial charge in [0.1, 0.15) is 5.75 Å². The third-order valence-corrected chi connectivity index (χ3v) is 5.47. The molecular formula is C18H20N2O4S. The number of rotatable bonds is 4. The molecule has 2 aromatic rings. The van der Waals surface area contributed by atoms with Crippen LogP contribution in [0.1, 0.15) is 22.8 Å². The smallest absolute Gasteiger partial charge is 0.255 e. The fourth-order valence-electron chi connectivity index (χ4n) is 3.13. The van der Waals surface area contributed by atoms with Crippen LogP contribution >= 0.6 is 0 Å². The van der Waals surface area contributed by atoms with E-state index in [0.29, 0.717) is 29.1 Å². The van der Waals surface area contributed by atoms with Gasteiger partial charge in [0, 0.05) is 17.3 Å². The summed E-state index contributed by atoms with van der Waals surface area (Å²) in [5.41, 5.74) is 2.67. The molecular weight excluding hydrogens is 340 g/mol. The number of carbonyl (C=O) groups excluding carboxylic acids is 1. The first kappa shape index (κ1) is 17.3. The summed E-state index contributed by atoms with van der Waals surface area (Å²) in [4.78, 5) is 12.5. The van der Waals surface area contributed by atoms with Crippen molar-refractivity contribution in [2.75, 3.05) is 23.0 Å². The second-order valence-electron chi connectivity index (χ2n) is 6.14. The lowest BCUT2D eigenvalue weighted by molar-refractivity contribution is 0.102. The number of carbonyl (C=O) groups is 1. The van der Waals surface area contributed by atoms with Gasteiger partial charge in [-0.25, -0.2) is 8.42 Å². The first-order chi connectivity index (χ1) is 11.8. The molecule has 0 radical (unpaired) electrons. The van der Waals surface area contributed by atoms with E-state index >= 15 is 0 Å². The third-order valence-electron chi connectivity index (χ3n) is 4.20. The second-order valence-corrected chi connectivity index (χ2v) is 8.00. The van der Waals surface area contributed by atoms with Gasteiger partial charge in [0.05, 0.1) is 19.1 Å². The van der Waals surface area contributed by atoms with E-state index in [2.05, 4.69) is 5.32 Å². The van der Waals surface area contributed by atoms with Gasteiger partial charge in [0.25, 0.3) is 5.91 Å². The molecule has 0 spiro atoms. The van der Waals surface area contributed by atoms with Gasteiger partial charge >= 0.3 is 0 Å². The summed E-state index contributed by atoms with van der Waals surface area (Å²) in [6.45, 7) is 1.86. The largest absolute Gasteiger partial charge is 0.497 e. The predicted molar refractivity (Wildman–Crippen MR) is 97.9 cm³/mol. The molecule has 0 aromatic heterocycles. The van der Waals surface area contributed by atoms with Crippen LogP contribution in [-0.2, 0) is 16.4 Å². The highest BCUT2D eigenvalue weighted by molar-refractivity contribution is 7.92. The summed E-state index contributed by atoms with van der Waals surface area (Å²) < 4.78 is 30.4. The Morgan fingerprint density at radius 3 is 2.48 bits per heavy atom. The van der Waals surface area contributed by atoms with Crippen LogP contribution in [0.5, 0.6) is 5.75 Å². The van der Waals surface area contributed by atoms with Crippen molar-refractivity contribution in [1.29, 1.82) is 0 Å². The van der Waals surface area contributed by atoms with Crippen LogP contribution in [0.3, 0.4) is 0 Å². The van der Waals surface area contributed by atoms with Crippen LogP contribution in [0.2, 0.25) is 0 Å². The summed E-state index contributed by atoms with van der Waals surface area (Å²) in [6.07, 6.45) is 1.79. The topological polar surface area (TPSA) is 75.7 Å². The molecule has 0 aliphatic carbocycles. The Morgan fingerprint density at radius 2 is 1.88 bits per heavy atom. The molecule has 0 fully saturated rings. The Labute approximate surface area is 147 Å². The maximum atomic E-state index is 12.5. The molecule has 132 valence electrons. The van der Waals surface area contributed by atoms with E-state index in [9.17, 15) is 13.2 Å². The standard InChI is InChI=1S/C18H20N2O4S/c1-12-10-14-11-13(4-9-17(14)20(12)25(3,22)23)18(21)19-15-5-7-16(24-2)8-6-15/h4-9,11-12H,10H2,1-3H3,(H,19,21). The Bertz CT molecular complexity index is 907. The number of sulfonamides is 1. The van der Waals surface area contributed by atoms with Crippen molar-refractivity contribution in [1.82, 2.24) is 0 Å². The van der Waals surface area contributed by atoms with Crippen LogP contribution in [-0.4, -0.2) is 33.7 Å². The van der Waals surface area contributed by atoms with Gasteiger partial charge in [-0.1, -0.05) is 0 Å². The Balaban J connectivity index is 1.82. The lowest BCUT2D eigenvalue weighted by Crippen LogP contribution is -2.34. The van der Waals surface area contributed by atoms with E-state index in [0.717, 1.165) is 5.56 Å². The molecule has 0 saturated heterocycles. The number of benzene rings is 2. The number of fused-ring (bicyclic) bond motifs is 1. The molecule has 1 aliphatic heterocycles. The van der Waals surface area contributed by atoms with Crippen molar-refractivity contribution in [2.24, 2.45) is 0 Å². The molecule has 3 rings (SSSR count). The summed E-state index contributed by atoms with van der Waals surface area (Å²) >= 11 is 0. The summed E-state index contributed by atoms with van der Waals surface area (Å²) in [5, 5.41) is 2.83. The minimum atomic E-state index is -3.33. The average molecular weight is 360 g/mol. The highest BCUT2D eigenvalue weighted by Gasteiger charge is 2.32. The summed E-state index contributed by atoms with van der Waals surface area (Å²) in [7, 11) is -1.75. The van der Waals surface area contributed by atoms with Crippen molar-refractivity contribution in [2.45, 2.75) is 19.4 Å². The number of hydrogen-bond donors (Lipinski definition) is 1. The molecule has 25 heavy (non-hydrogen) atoms. The molecule has 1 amide bonds. The number of ether oxygens (including phenoxy) is 1. The SMILES string of the molecule is COc1ccc(NC(=O)c2ccc3c(c2)CC(C)N3S(C)(=O)=O)cc1. The first-order valence-electron chi connectivity index (χ1n) is 7.87. The normalized spacial score (nSPS) is 16.4. The highest BCUT2D eigenvalue weighted by Crippen LogP contribution is 2.34. The third kappa shape index (κ3) is 3.46. The second kappa shape index (κ2) is 6.40. The van der Waals surface area contributed by atoms with E-state index in [4.69, 9.17) is 4.74 Å². The van der Waals surface area contributed by atoms with Gasteiger partial charge in [-0.3, -0.25) is 9.10 Å². The first-order valence-corrected chi connectivity index (χ1v) is 9.72. The molecule has 1 N–H and O–H groups in total. The van der Waals surface area contributed by atoms with Crippen molar-refractivity contribution in [3.63, 3.8) is 0 Å². The van der Waals surface area contributed by atoms with E-state index in [-0.39, 0.29) is 11.9 Å². The average Bonchev–Trinajstić information content (AvgIpc) is 2.90. The van der Waals surface area contributed by atoms with Gasteiger partial charge in [-0.15, -0.1) is 0 Å². The van der Waals surface area contributed by atoms with E-state index in [1.807, 2.05) is 6.92 Å². The maximum Gasteiger partial charge on any atom is 0.255 e. The zero-order valence-corrected chi connectivity index (χ0v) is 15.1. The summed E-state index contributed by atoms with van der Waals surface area (Å²) in [5.74, 6) is 0.476. The lowest BCUT2D eigenvalue weighted by Gasteiger charge is -2.21. The number of methoxy groups -OCH3 is 1. The Hall–Kier alpha value is -2.54.